The first-order chi connectivity index (χ1) is 8.97. The van der Waals surface area contributed by atoms with E-state index < -0.39 is 0 Å². The Morgan fingerprint density at radius 1 is 1.26 bits per heavy atom. The van der Waals surface area contributed by atoms with Gasteiger partial charge in [0.2, 0.25) is 0 Å². The molecule has 3 N–H and O–H groups in total. The number of nitrogens with two attached hydrogens (primary N) is 1. The summed E-state index contributed by atoms with van der Waals surface area (Å²) in [5.74, 6) is 1.45. The third kappa shape index (κ3) is 2.96. The minimum atomic E-state index is -0.168. The molecule has 2 aromatic rings. The Labute approximate surface area is 112 Å². The van der Waals surface area contributed by atoms with Gasteiger partial charge in [0.25, 0.3) is 5.91 Å². The molecule has 2 rings (SSSR count). The molecule has 0 aliphatic carbocycles. The van der Waals surface area contributed by atoms with Crippen molar-refractivity contribution < 1.29 is 9.21 Å². The highest BCUT2D eigenvalue weighted by Gasteiger charge is 2.14. The Balaban J connectivity index is 2.10. The number of aryl methyl sites for hydroxylation is 2. The molecule has 0 radical (unpaired) electrons. The van der Waals surface area contributed by atoms with Gasteiger partial charge < -0.3 is 15.5 Å². The van der Waals surface area contributed by atoms with E-state index in [2.05, 4.69) is 5.32 Å². The van der Waals surface area contributed by atoms with Crippen molar-refractivity contribution in [2.24, 2.45) is 0 Å². The van der Waals surface area contributed by atoms with Gasteiger partial charge in [0.1, 0.15) is 11.5 Å². The Morgan fingerprint density at radius 2 is 2.00 bits per heavy atom. The first-order valence-corrected chi connectivity index (χ1v) is 6.20. The lowest BCUT2D eigenvalue weighted by atomic mass is 10.1. The van der Waals surface area contributed by atoms with Crippen LogP contribution in [0.2, 0.25) is 0 Å². The lowest BCUT2D eigenvalue weighted by Gasteiger charge is -2.12. The molecular formula is C15H18N2O2. The summed E-state index contributed by atoms with van der Waals surface area (Å²) < 4.78 is 5.49. The van der Waals surface area contributed by atoms with Gasteiger partial charge in [0, 0.05) is 11.3 Å². The third-order valence-corrected chi connectivity index (χ3v) is 3.07. The second kappa shape index (κ2) is 5.18. The molecule has 0 fully saturated rings. The average molecular weight is 258 g/mol. The Morgan fingerprint density at radius 3 is 2.58 bits per heavy atom. The summed E-state index contributed by atoms with van der Waals surface area (Å²) in [4.78, 5) is 12.1. The van der Waals surface area contributed by atoms with Crippen LogP contribution >= 0.6 is 0 Å². The van der Waals surface area contributed by atoms with Gasteiger partial charge in [-0.25, -0.2) is 0 Å². The molecule has 1 atom stereocenters. The van der Waals surface area contributed by atoms with E-state index in [-0.39, 0.29) is 11.9 Å². The first kappa shape index (κ1) is 13.2. The van der Waals surface area contributed by atoms with E-state index in [0.29, 0.717) is 11.3 Å². The molecular weight excluding hydrogens is 240 g/mol. The molecule has 4 heteroatoms. The molecule has 4 nitrogen and oxygen atoms in total. The number of amides is 1. The maximum atomic E-state index is 12.1. The van der Waals surface area contributed by atoms with Crippen LogP contribution in [0.25, 0.3) is 0 Å². The number of anilines is 1. The minimum absolute atomic E-state index is 0.135. The topological polar surface area (TPSA) is 68.3 Å². The number of furan rings is 1. The lowest BCUT2D eigenvalue weighted by molar-refractivity contribution is 0.0935. The smallest absolute Gasteiger partial charge is 0.251 e. The zero-order valence-corrected chi connectivity index (χ0v) is 11.4. The van der Waals surface area contributed by atoms with E-state index in [9.17, 15) is 4.79 Å². The van der Waals surface area contributed by atoms with Crippen LogP contribution in [0.1, 0.15) is 40.4 Å². The molecule has 1 aromatic heterocycles. The predicted octanol–water partition coefficient (Wildman–Crippen LogP) is 2.97. The predicted molar refractivity (Wildman–Crippen MR) is 74.9 cm³/mol. The fourth-order valence-electron chi connectivity index (χ4n) is 1.85. The van der Waals surface area contributed by atoms with Crippen molar-refractivity contribution in [1.29, 1.82) is 0 Å². The molecule has 100 valence electrons. The Kier molecular flexibility index (Phi) is 3.60. The zero-order chi connectivity index (χ0) is 14.0. The number of carbonyl (C=O) groups is 1. The molecule has 0 spiro atoms. The van der Waals surface area contributed by atoms with Crippen LogP contribution in [0.5, 0.6) is 0 Å². The number of nitrogen functional groups attached to an aromatic ring is 1. The van der Waals surface area contributed by atoms with E-state index in [1.807, 2.05) is 32.9 Å². The van der Waals surface area contributed by atoms with E-state index >= 15 is 0 Å². The van der Waals surface area contributed by atoms with Crippen LogP contribution in [0.15, 0.2) is 34.7 Å². The summed E-state index contributed by atoms with van der Waals surface area (Å²) >= 11 is 0. The SMILES string of the molecule is Cc1ccc(C(C)NC(=O)c2ccc(N)c(C)c2)o1. The van der Waals surface area contributed by atoms with Gasteiger partial charge in [-0.3, -0.25) is 4.79 Å². The number of hydrogen-bond donors (Lipinski definition) is 2. The minimum Gasteiger partial charge on any atom is -0.464 e. The molecule has 0 bridgehead atoms. The maximum Gasteiger partial charge on any atom is 0.251 e. The normalized spacial score (nSPS) is 12.2. The number of nitrogens with one attached hydrogen (secondary N) is 1. The van der Waals surface area contributed by atoms with Crippen LogP contribution < -0.4 is 11.1 Å². The number of carbonyl (C=O) groups excluding carboxylic acids is 1. The van der Waals surface area contributed by atoms with Crippen molar-refractivity contribution in [3.63, 3.8) is 0 Å². The van der Waals surface area contributed by atoms with Gasteiger partial charge in [-0.05, 0) is 56.7 Å². The van der Waals surface area contributed by atoms with E-state index in [1.165, 1.54) is 0 Å². The summed E-state index contributed by atoms with van der Waals surface area (Å²) in [6, 6.07) is 8.83. The first-order valence-electron chi connectivity index (χ1n) is 6.20. The number of benzene rings is 1. The molecule has 0 saturated heterocycles. The maximum absolute atomic E-state index is 12.1. The highest BCUT2D eigenvalue weighted by atomic mass is 16.3. The quantitative estimate of drug-likeness (QED) is 0.832. The van der Waals surface area contributed by atoms with Crippen LogP contribution in [-0.2, 0) is 0 Å². The van der Waals surface area contributed by atoms with Crippen LogP contribution in [0, 0.1) is 13.8 Å². The average Bonchev–Trinajstić information content (AvgIpc) is 2.79. The summed E-state index contributed by atoms with van der Waals surface area (Å²) in [6.45, 7) is 5.65. The molecule has 0 aliphatic heterocycles. The van der Waals surface area contributed by atoms with Crippen molar-refractivity contribution in [3.8, 4) is 0 Å². The Hall–Kier alpha value is -2.23. The van der Waals surface area contributed by atoms with E-state index in [4.69, 9.17) is 10.2 Å². The van der Waals surface area contributed by atoms with Crippen molar-refractivity contribution >= 4 is 11.6 Å². The lowest BCUT2D eigenvalue weighted by Crippen LogP contribution is -2.26. The van der Waals surface area contributed by atoms with Gasteiger partial charge in [-0.2, -0.15) is 0 Å². The van der Waals surface area contributed by atoms with Gasteiger partial charge >= 0.3 is 0 Å². The molecule has 1 aromatic carbocycles. The van der Waals surface area contributed by atoms with Crippen LogP contribution in [0.4, 0.5) is 5.69 Å². The second-order valence-electron chi connectivity index (χ2n) is 4.71. The van der Waals surface area contributed by atoms with Crippen molar-refractivity contribution in [2.45, 2.75) is 26.8 Å². The summed E-state index contributed by atoms with van der Waals surface area (Å²) in [5, 5.41) is 2.90. The standard InChI is InChI=1S/C15H18N2O2/c1-9-8-12(5-6-13(9)16)15(18)17-11(3)14-7-4-10(2)19-14/h4-8,11H,16H2,1-3H3,(H,17,18). The van der Waals surface area contributed by atoms with Gasteiger partial charge in [-0.1, -0.05) is 0 Å². The van der Waals surface area contributed by atoms with Crippen LogP contribution in [0.3, 0.4) is 0 Å². The number of hydrogen-bond acceptors (Lipinski definition) is 3. The van der Waals surface area contributed by atoms with Crippen molar-refractivity contribution in [3.05, 3.63) is 53.0 Å². The van der Waals surface area contributed by atoms with E-state index in [1.54, 1.807) is 18.2 Å². The number of rotatable bonds is 3. The fraction of sp³-hybridized carbons (Fsp3) is 0.267. The third-order valence-electron chi connectivity index (χ3n) is 3.07. The van der Waals surface area contributed by atoms with Crippen molar-refractivity contribution in [1.82, 2.24) is 5.32 Å². The second-order valence-corrected chi connectivity index (χ2v) is 4.71. The van der Waals surface area contributed by atoms with Gasteiger partial charge in [0.15, 0.2) is 0 Å². The highest BCUT2D eigenvalue weighted by Crippen LogP contribution is 2.17. The molecule has 0 aliphatic rings. The van der Waals surface area contributed by atoms with E-state index in [0.717, 1.165) is 17.1 Å². The summed E-state index contributed by atoms with van der Waals surface area (Å²) in [5.41, 5.74) is 7.92. The Bertz CT molecular complexity index is 602. The largest absolute Gasteiger partial charge is 0.464 e. The zero-order valence-electron chi connectivity index (χ0n) is 11.4. The summed E-state index contributed by atoms with van der Waals surface area (Å²) in [7, 11) is 0. The molecule has 0 saturated carbocycles. The van der Waals surface area contributed by atoms with Gasteiger partial charge in [0.05, 0.1) is 6.04 Å². The molecule has 1 unspecified atom stereocenters. The monoisotopic (exact) mass is 258 g/mol. The van der Waals surface area contributed by atoms with Crippen molar-refractivity contribution in [2.75, 3.05) is 5.73 Å². The van der Waals surface area contributed by atoms with Gasteiger partial charge in [-0.15, -0.1) is 0 Å². The fourth-order valence-corrected chi connectivity index (χ4v) is 1.85. The summed E-state index contributed by atoms with van der Waals surface area (Å²) in [6.07, 6.45) is 0. The molecule has 1 heterocycles. The highest BCUT2D eigenvalue weighted by molar-refractivity contribution is 5.95. The molecule has 1 amide bonds. The molecule has 19 heavy (non-hydrogen) atoms. The van der Waals surface area contributed by atoms with Crippen LogP contribution in [-0.4, -0.2) is 5.91 Å².